The average molecular weight is 521 g/mol. The summed E-state index contributed by atoms with van der Waals surface area (Å²) >= 11 is 0. The summed E-state index contributed by atoms with van der Waals surface area (Å²) < 4.78 is 5.05. The Morgan fingerprint density at radius 1 is 1.13 bits per heavy atom. The lowest BCUT2D eigenvalue weighted by Gasteiger charge is -2.22. The molecule has 0 aliphatic carbocycles. The van der Waals surface area contributed by atoms with Gasteiger partial charge >= 0.3 is 6.03 Å². The highest BCUT2D eigenvalue weighted by molar-refractivity contribution is 6.06. The van der Waals surface area contributed by atoms with Crippen molar-refractivity contribution >= 4 is 23.7 Å². The topological polar surface area (TPSA) is 127 Å². The highest BCUT2D eigenvalue weighted by Crippen LogP contribution is 2.25. The summed E-state index contributed by atoms with van der Waals surface area (Å²) in [5.41, 5.74) is 3.28. The average Bonchev–Trinajstić information content (AvgIpc) is 3.38. The Morgan fingerprint density at radius 2 is 1.84 bits per heavy atom. The Bertz CT molecular complexity index is 1280. The molecular formula is C27H32N6O5. The number of nitrogens with one attached hydrogen (secondary N) is 2. The molecule has 4 amide bonds. The van der Waals surface area contributed by atoms with Gasteiger partial charge in [-0.1, -0.05) is 23.1 Å². The number of ether oxygens (including phenoxy) is 1. The first-order valence-electron chi connectivity index (χ1n) is 11.9. The van der Waals surface area contributed by atoms with Crippen LogP contribution in [0, 0.1) is 11.8 Å². The van der Waals surface area contributed by atoms with Crippen LogP contribution < -0.4 is 15.4 Å². The molecule has 11 heteroatoms. The van der Waals surface area contributed by atoms with E-state index in [9.17, 15) is 19.6 Å². The molecule has 2 aromatic rings. The zero-order valence-corrected chi connectivity index (χ0v) is 22.1. The van der Waals surface area contributed by atoms with Crippen molar-refractivity contribution in [3.05, 3.63) is 64.7 Å². The molecule has 38 heavy (non-hydrogen) atoms. The quantitative estimate of drug-likeness (QED) is 0.135. The van der Waals surface area contributed by atoms with Gasteiger partial charge in [0.05, 0.1) is 7.11 Å². The minimum Gasteiger partial charge on any atom is -0.497 e. The van der Waals surface area contributed by atoms with Crippen LogP contribution in [0.1, 0.15) is 27.0 Å². The second-order valence-corrected chi connectivity index (χ2v) is 9.08. The van der Waals surface area contributed by atoms with Gasteiger partial charge in [0.25, 0.3) is 11.8 Å². The highest BCUT2D eigenvalue weighted by atomic mass is 16.5. The van der Waals surface area contributed by atoms with Crippen molar-refractivity contribution in [2.24, 2.45) is 5.16 Å². The minimum atomic E-state index is -0.834. The number of carbonyl (C=O) groups excluding carboxylic acids is 3. The molecule has 0 bridgehead atoms. The van der Waals surface area contributed by atoms with Gasteiger partial charge in [-0.25, -0.2) is 4.79 Å². The lowest BCUT2D eigenvalue weighted by molar-refractivity contribution is -0.119. The number of amidine groups is 1. The Kier molecular flexibility index (Phi) is 9.29. The van der Waals surface area contributed by atoms with Crippen molar-refractivity contribution in [1.82, 2.24) is 25.3 Å². The number of likely N-dealkylation sites (N-methyl/N-ethyl adjacent to an activating group) is 2. The number of hydrogen-bond acceptors (Lipinski definition) is 7. The SMILES string of the molecule is CN(C)CCN(C)/C(=N\O)c1ccc(C#CC2NC(=O)NC2=O)cc1.COc1ccc2c(c1)C(=O)N(C)C2. The van der Waals surface area contributed by atoms with E-state index < -0.39 is 18.0 Å². The van der Waals surface area contributed by atoms with Gasteiger partial charge in [0.1, 0.15) is 5.75 Å². The molecule has 1 fully saturated rings. The largest absolute Gasteiger partial charge is 0.497 e. The van der Waals surface area contributed by atoms with Gasteiger partial charge in [-0.2, -0.15) is 0 Å². The van der Waals surface area contributed by atoms with Gasteiger partial charge in [0, 0.05) is 50.4 Å². The van der Waals surface area contributed by atoms with E-state index in [0.717, 1.165) is 29.0 Å². The molecule has 0 radical (unpaired) electrons. The number of benzene rings is 2. The van der Waals surface area contributed by atoms with E-state index in [-0.39, 0.29) is 5.91 Å². The molecule has 2 aromatic carbocycles. The molecule has 1 atom stereocenters. The molecule has 1 unspecified atom stereocenters. The lowest BCUT2D eigenvalue weighted by Crippen LogP contribution is -2.34. The summed E-state index contributed by atoms with van der Waals surface area (Å²) in [7, 11) is 9.21. The van der Waals surface area contributed by atoms with E-state index in [4.69, 9.17) is 4.74 Å². The van der Waals surface area contributed by atoms with Crippen LogP contribution in [0.15, 0.2) is 47.6 Å². The molecule has 11 nitrogen and oxygen atoms in total. The van der Waals surface area contributed by atoms with Crippen LogP contribution in [0.2, 0.25) is 0 Å². The van der Waals surface area contributed by atoms with Crippen LogP contribution in [0.5, 0.6) is 5.75 Å². The van der Waals surface area contributed by atoms with E-state index in [2.05, 4.69) is 27.6 Å². The number of oxime groups is 1. The first-order valence-corrected chi connectivity index (χ1v) is 11.9. The zero-order valence-electron chi connectivity index (χ0n) is 22.1. The van der Waals surface area contributed by atoms with E-state index in [0.29, 0.717) is 24.5 Å². The Labute approximate surface area is 222 Å². The van der Waals surface area contributed by atoms with Crippen molar-refractivity contribution in [1.29, 1.82) is 0 Å². The number of methoxy groups -OCH3 is 1. The van der Waals surface area contributed by atoms with Crippen LogP contribution in [-0.4, -0.2) is 98.0 Å². The third kappa shape index (κ3) is 7.02. The second-order valence-electron chi connectivity index (χ2n) is 9.08. The molecule has 3 N–H and O–H groups in total. The standard InChI is InChI=1S/C17H21N5O3.C10H11NO2/c1-21(2)10-11-22(3)15(20-25)13-7-4-12(5-8-13)6-9-14-16(23)19-17(24)18-14;1-11-6-7-3-4-8(13-2)5-9(7)10(11)12/h4-5,7-8,14,25H,10-11H2,1-3H3,(H2,18,19,23,24);3-5H,6H2,1-2H3/b20-15-;. The van der Waals surface area contributed by atoms with Crippen molar-refractivity contribution in [2.45, 2.75) is 12.6 Å². The summed E-state index contributed by atoms with van der Waals surface area (Å²) in [6.07, 6.45) is 0. The van der Waals surface area contributed by atoms with E-state index in [1.165, 1.54) is 0 Å². The maximum atomic E-state index is 11.5. The Morgan fingerprint density at radius 3 is 2.42 bits per heavy atom. The summed E-state index contributed by atoms with van der Waals surface area (Å²) in [6.45, 7) is 2.25. The number of fused-ring (bicyclic) bond motifs is 1. The maximum Gasteiger partial charge on any atom is 0.322 e. The molecule has 0 spiro atoms. The van der Waals surface area contributed by atoms with E-state index in [1.807, 2.05) is 43.1 Å². The van der Waals surface area contributed by atoms with Crippen LogP contribution in [0.25, 0.3) is 0 Å². The van der Waals surface area contributed by atoms with Crippen molar-refractivity contribution in [2.75, 3.05) is 48.4 Å². The molecule has 200 valence electrons. The Hall–Kier alpha value is -4.56. The predicted molar refractivity (Wildman–Crippen MR) is 142 cm³/mol. The van der Waals surface area contributed by atoms with Gasteiger partial charge < -0.3 is 30.0 Å². The van der Waals surface area contributed by atoms with Gasteiger partial charge in [-0.3, -0.25) is 14.9 Å². The Balaban J connectivity index is 0.000000256. The smallest absolute Gasteiger partial charge is 0.322 e. The predicted octanol–water partition coefficient (Wildman–Crippen LogP) is 1.16. The molecule has 0 aromatic heterocycles. The first-order chi connectivity index (χ1) is 18.1. The number of imide groups is 1. The van der Waals surface area contributed by atoms with Crippen molar-refractivity contribution in [3.63, 3.8) is 0 Å². The number of nitrogens with zero attached hydrogens (tertiary/aromatic N) is 4. The summed E-state index contributed by atoms with van der Waals surface area (Å²) in [5, 5.41) is 17.2. The molecule has 2 aliphatic rings. The fourth-order valence-electron chi connectivity index (χ4n) is 3.74. The summed E-state index contributed by atoms with van der Waals surface area (Å²) in [6, 6.07) is 11.4. The molecule has 0 saturated carbocycles. The van der Waals surface area contributed by atoms with Gasteiger partial charge in [-0.05, 0) is 56.1 Å². The molecule has 2 aliphatic heterocycles. The highest BCUT2D eigenvalue weighted by Gasteiger charge is 2.27. The van der Waals surface area contributed by atoms with E-state index >= 15 is 0 Å². The molecule has 4 rings (SSSR count). The lowest BCUT2D eigenvalue weighted by atomic mass is 10.1. The third-order valence-corrected chi connectivity index (χ3v) is 5.92. The first kappa shape index (κ1) is 28.0. The van der Waals surface area contributed by atoms with E-state index in [1.54, 1.807) is 49.4 Å². The number of urea groups is 1. The van der Waals surface area contributed by atoms with Crippen molar-refractivity contribution in [3.8, 4) is 17.6 Å². The summed E-state index contributed by atoms with van der Waals surface area (Å²) in [4.78, 5) is 39.6. The zero-order chi connectivity index (χ0) is 27.8. The number of hydrogen-bond donors (Lipinski definition) is 3. The minimum absolute atomic E-state index is 0.0777. The van der Waals surface area contributed by atoms with Gasteiger partial charge in [0.2, 0.25) is 0 Å². The maximum absolute atomic E-state index is 11.5. The van der Waals surface area contributed by atoms with Gasteiger partial charge in [0.15, 0.2) is 11.9 Å². The molecule has 2 heterocycles. The van der Waals surface area contributed by atoms with Crippen molar-refractivity contribution < 1.29 is 24.3 Å². The van der Waals surface area contributed by atoms with Crippen LogP contribution in [0.4, 0.5) is 4.79 Å². The summed E-state index contributed by atoms with van der Waals surface area (Å²) in [5.74, 6) is 6.37. The third-order valence-electron chi connectivity index (χ3n) is 5.92. The van der Waals surface area contributed by atoms with Crippen LogP contribution in [-0.2, 0) is 11.3 Å². The number of carbonyl (C=O) groups is 3. The molecular weight excluding hydrogens is 488 g/mol. The second kappa shape index (κ2) is 12.6. The number of rotatable bonds is 5. The van der Waals surface area contributed by atoms with Gasteiger partial charge in [-0.15, -0.1) is 0 Å². The fraction of sp³-hybridized carbons (Fsp3) is 0.333. The fourth-order valence-corrected chi connectivity index (χ4v) is 3.74. The normalized spacial score (nSPS) is 16.2. The number of amides is 4. The van der Waals surface area contributed by atoms with Crippen LogP contribution in [0.3, 0.4) is 0 Å². The van der Waals surface area contributed by atoms with Crippen LogP contribution >= 0.6 is 0 Å². The molecule has 1 saturated heterocycles. The monoisotopic (exact) mass is 520 g/mol.